The fourth-order valence-corrected chi connectivity index (χ4v) is 4.49. The van der Waals surface area contributed by atoms with Crippen molar-refractivity contribution in [3.8, 4) is 0 Å². The summed E-state index contributed by atoms with van der Waals surface area (Å²) in [4.78, 5) is 2.22. The van der Waals surface area contributed by atoms with Gasteiger partial charge in [-0.25, -0.2) is 13.1 Å². The van der Waals surface area contributed by atoms with Crippen molar-refractivity contribution < 1.29 is 13.2 Å². The average molecular weight is 320 g/mol. The third-order valence-electron chi connectivity index (χ3n) is 2.77. The molecule has 116 valence electrons. The van der Waals surface area contributed by atoms with Crippen LogP contribution in [0.25, 0.3) is 0 Å². The van der Waals surface area contributed by atoms with E-state index in [-0.39, 0.29) is 12.6 Å². The van der Waals surface area contributed by atoms with Crippen LogP contribution in [0.5, 0.6) is 0 Å². The minimum Gasteiger partial charge on any atom is -0.377 e. The van der Waals surface area contributed by atoms with E-state index in [0.29, 0.717) is 18.0 Å². The molecule has 1 heterocycles. The van der Waals surface area contributed by atoms with Crippen molar-refractivity contribution in [3.05, 3.63) is 15.8 Å². The first-order chi connectivity index (χ1) is 9.40. The van der Waals surface area contributed by atoms with Gasteiger partial charge in [0.05, 0.1) is 11.0 Å². The van der Waals surface area contributed by atoms with Crippen molar-refractivity contribution >= 4 is 21.4 Å². The van der Waals surface area contributed by atoms with Crippen molar-refractivity contribution in [1.82, 2.24) is 10.0 Å². The first-order valence-electron chi connectivity index (χ1n) is 6.82. The number of sulfonamides is 1. The molecule has 0 saturated heterocycles. The predicted molar refractivity (Wildman–Crippen MR) is 82.7 cm³/mol. The summed E-state index contributed by atoms with van der Waals surface area (Å²) in [7, 11) is -3.46. The van der Waals surface area contributed by atoms with Gasteiger partial charge >= 0.3 is 0 Å². The number of thiophene rings is 1. The summed E-state index contributed by atoms with van der Waals surface area (Å²) >= 11 is 1.51. The summed E-state index contributed by atoms with van der Waals surface area (Å²) in [6.45, 7) is 10.0. The number of nitrogens with one attached hydrogen (secondary N) is 2. The zero-order valence-corrected chi connectivity index (χ0v) is 14.2. The SMILES string of the molecule is CCNCc1cc(S(=O)(=O)NCC(C)OCC)c(C)s1. The highest BCUT2D eigenvalue weighted by atomic mass is 32.2. The molecule has 0 spiro atoms. The van der Waals surface area contributed by atoms with E-state index in [9.17, 15) is 8.42 Å². The summed E-state index contributed by atoms with van der Waals surface area (Å²) in [5.74, 6) is 0. The van der Waals surface area contributed by atoms with E-state index >= 15 is 0 Å². The van der Waals surface area contributed by atoms with E-state index < -0.39 is 10.0 Å². The number of hydrogen-bond acceptors (Lipinski definition) is 5. The Balaban J connectivity index is 2.74. The van der Waals surface area contributed by atoms with Gasteiger partial charge in [-0.1, -0.05) is 6.92 Å². The molecule has 20 heavy (non-hydrogen) atoms. The molecule has 7 heteroatoms. The number of hydrogen-bond donors (Lipinski definition) is 2. The van der Waals surface area contributed by atoms with E-state index in [1.807, 2.05) is 27.7 Å². The molecule has 0 radical (unpaired) electrons. The Kier molecular flexibility index (Phi) is 7.11. The summed E-state index contributed by atoms with van der Waals surface area (Å²) in [6.07, 6.45) is -0.130. The van der Waals surface area contributed by atoms with Crippen LogP contribution in [0.3, 0.4) is 0 Å². The molecule has 1 aromatic rings. The highest BCUT2D eigenvalue weighted by Crippen LogP contribution is 2.25. The van der Waals surface area contributed by atoms with Crippen LogP contribution in [-0.2, 0) is 21.3 Å². The Morgan fingerprint density at radius 2 is 2.10 bits per heavy atom. The van der Waals surface area contributed by atoms with Crippen molar-refractivity contribution in [2.45, 2.75) is 45.2 Å². The minimum atomic E-state index is -3.46. The molecule has 5 nitrogen and oxygen atoms in total. The lowest BCUT2D eigenvalue weighted by atomic mass is 10.4. The van der Waals surface area contributed by atoms with E-state index in [4.69, 9.17) is 4.74 Å². The fraction of sp³-hybridized carbons (Fsp3) is 0.692. The molecule has 0 aliphatic carbocycles. The quantitative estimate of drug-likeness (QED) is 0.729. The van der Waals surface area contributed by atoms with Gasteiger partial charge in [0.2, 0.25) is 10.0 Å². The van der Waals surface area contributed by atoms with Crippen LogP contribution in [0, 0.1) is 6.92 Å². The van der Waals surface area contributed by atoms with Crippen LogP contribution in [0.15, 0.2) is 11.0 Å². The van der Waals surface area contributed by atoms with Gasteiger partial charge in [-0.3, -0.25) is 0 Å². The molecular formula is C13H24N2O3S2. The van der Waals surface area contributed by atoms with E-state index in [0.717, 1.165) is 16.3 Å². The molecule has 0 aliphatic rings. The highest BCUT2D eigenvalue weighted by Gasteiger charge is 2.20. The lowest BCUT2D eigenvalue weighted by Gasteiger charge is -2.12. The molecule has 0 fully saturated rings. The van der Waals surface area contributed by atoms with Crippen LogP contribution in [0.4, 0.5) is 0 Å². The highest BCUT2D eigenvalue weighted by molar-refractivity contribution is 7.89. The van der Waals surface area contributed by atoms with Crippen LogP contribution in [0.2, 0.25) is 0 Å². The number of aryl methyl sites for hydroxylation is 1. The largest absolute Gasteiger partial charge is 0.377 e. The molecule has 0 bridgehead atoms. The predicted octanol–water partition coefficient (Wildman–Crippen LogP) is 1.87. The molecule has 1 atom stereocenters. The molecule has 1 unspecified atom stereocenters. The first-order valence-corrected chi connectivity index (χ1v) is 9.12. The third-order valence-corrected chi connectivity index (χ3v) is 5.50. The maximum atomic E-state index is 12.3. The number of ether oxygens (including phenoxy) is 1. The van der Waals surface area contributed by atoms with Gasteiger partial charge < -0.3 is 10.1 Å². The van der Waals surface area contributed by atoms with E-state index in [2.05, 4.69) is 10.0 Å². The normalized spacial score (nSPS) is 13.6. The zero-order valence-electron chi connectivity index (χ0n) is 12.5. The van der Waals surface area contributed by atoms with Crippen molar-refractivity contribution in [3.63, 3.8) is 0 Å². The van der Waals surface area contributed by atoms with Crippen LogP contribution >= 0.6 is 11.3 Å². The smallest absolute Gasteiger partial charge is 0.241 e. The molecule has 2 N–H and O–H groups in total. The van der Waals surface area contributed by atoms with Crippen LogP contribution < -0.4 is 10.0 Å². The van der Waals surface area contributed by atoms with Crippen LogP contribution in [-0.4, -0.2) is 34.2 Å². The van der Waals surface area contributed by atoms with Gasteiger partial charge in [0, 0.05) is 29.5 Å². The maximum absolute atomic E-state index is 12.3. The van der Waals surface area contributed by atoms with Gasteiger partial charge in [0.1, 0.15) is 0 Å². The molecule has 1 rings (SSSR count). The monoisotopic (exact) mass is 320 g/mol. The third kappa shape index (κ3) is 5.14. The lowest BCUT2D eigenvalue weighted by Crippen LogP contribution is -2.32. The Morgan fingerprint density at radius 3 is 2.70 bits per heavy atom. The fourth-order valence-electron chi connectivity index (χ4n) is 1.77. The summed E-state index contributed by atoms with van der Waals surface area (Å²) < 4.78 is 32.5. The second-order valence-electron chi connectivity index (χ2n) is 4.53. The van der Waals surface area contributed by atoms with Gasteiger partial charge in [0.25, 0.3) is 0 Å². The van der Waals surface area contributed by atoms with Crippen molar-refractivity contribution in [1.29, 1.82) is 0 Å². The zero-order chi connectivity index (χ0) is 15.2. The summed E-state index contributed by atoms with van der Waals surface area (Å²) in [5.41, 5.74) is 0. The molecule has 0 saturated carbocycles. The van der Waals surface area contributed by atoms with E-state index in [1.165, 1.54) is 11.3 Å². The standard InChI is InChI=1S/C13H24N2O3S2/c1-5-14-9-12-7-13(11(4)19-12)20(16,17)15-8-10(3)18-6-2/h7,10,14-15H,5-6,8-9H2,1-4H3. The Hall–Kier alpha value is -0.470. The van der Waals surface area contributed by atoms with Crippen LogP contribution in [0.1, 0.15) is 30.5 Å². The van der Waals surface area contributed by atoms with Gasteiger partial charge in [-0.2, -0.15) is 0 Å². The molecular weight excluding hydrogens is 296 g/mol. The molecule has 1 aromatic heterocycles. The lowest BCUT2D eigenvalue weighted by molar-refractivity contribution is 0.0799. The topological polar surface area (TPSA) is 67.4 Å². The summed E-state index contributed by atoms with van der Waals surface area (Å²) in [6, 6.07) is 1.75. The summed E-state index contributed by atoms with van der Waals surface area (Å²) in [5, 5.41) is 3.20. The molecule has 0 amide bonds. The number of rotatable bonds is 9. The van der Waals surface area contributed by atoms with Gasteiger partial charge in [-0.15, -0.1) is 11.3 Å². The van der Waals surface area contributed by atoms with Crippen molar-refractivity contribution in [2.24, 2.45) is 0 Å². The Bertz CT molecular complexity index is 512. The minimum absolute atomic E-state index is 0.130. The molecule has 0 aromatic carbocycles. The van der Waals surface area contributed by atoms with Gasteiger partial charge in [-0.05, 0) is 33.4 Å². The van der Waals surface area contributed by atoms with Crippen molar-refractivity contribution in [2.75, 3.05) is 19.7 Å². The second kappa shape index (κ2) is 8.09. The Labute approximate surface area is 125 Å². The Morgan fingerprint density at radius 1 is 1.40 bits per heavy atom. The second-order valence-corrected chi connectivity index (χ2v) is 7.61. The average Bonchev–Trinajstić information content (AvgIpc) is 2.76. The van der Waals surface area contributed by atoms with E-state index in [1.54, 1.807) is 6.07 Å². The maximum Gasteiger partial charge on any atom is 0.241 e. The van der Waals surface area contributed by atoms with Gasteiger partial charge in [0.15, 0.2) is 0 Å². The first kappa shape index (κ1) is 17.6. The molecule has 0 aliphatic heterocycles.